The average Bonchev–Trinajstić information content (AvgIpc) is 3.11. The van der Waals surface area contributed by atoms with Gasteiger partial charge in [0, 0.05) is 18.2 Å². The number of ether oxygens (including phenoxy) is 1. The molecule has 3 rings (SSSR count). The number of aromatic carboxylic acids is 1. The van der Waals surface area contributed by atoms with Crippen molar-refractivity contribution in [2.75, 3.05) is 19.3 Å². The quantitative estimate of drug-likeness (QED) is 0.522. The molecule has 0 amide bonds. The molecule has 2 aromatic heterocycles. The van der Waals surface area contributed by atoms with Gasteiger partial charge in [0.1, 0.15) is 4.88 Å². The molecule has 3 aromatic rings. The fourth-order valence-electron chi connectivity index (χ4n) is 3.01. The van der Waals surface area contributed by atoms with Gasteiger partial charge in [-0.15, -0.1) is 11.3 Å². The van der Waals surface area contributed by atoms with Crippen molar-refractivity contribution < 1.29 is 23.7 Å². The van der Waals surface area contributed by atoms with Gasteiger partial charge in [-0.05, 0) is 43.7 Å². The first-order chi connectivity index (χ1) is 13.8. The van der Waals surface area contributed by atoms with E-state index in [1.165, 1.54) is 14.2 Å². The van der Waals surface area contributed by atoms with Crippen molar-refractivity contribution in [3.63, 3.8) is 0 Å². The van der Waals surface area contributed by atoms with E-state index in [0.29, 0.717) is 21.6 Å². The van der Waals surface area contributed by atoms with E-state index >= 15 is 0 Å². The van der Waals surface area contributed by atoms with Crippen LogP contribution in [0, 0.1) is 13.8 Å². The van der Waals surface area contributed by atoms with Crippen LogP contribution in [0.5, 0.6) is 5.88 Å². The zero-order chi connectivity index (χ0) is 21.2. The molecule has 0 spiro atoms. The van der Waals surface area contributed by atoms with Crippen molar-refractivity contribution in [3.05, 3.63) is 58.6 Å². The fourth-order valence-corrected chi connectivity index (χ4v) is 5.75. The number of aryl methyl sites for hydroxylation is 2. The smallest absolute Gasteiger partial charge is 0.348 e. The predicted molar refractivity (Wildman–Crippen MR) is 115 cm³/mol. The first-order valence-electron chi connectivity index (χ1n) is 8.67. The zero-order valence-corrected chi connectivity index (χ0v) is 18.1. The first-order valence-corrected chi connectivity index (χ1v) is 11.1. The Morgan fingerprint density at radius 3 is 2.59 bits per heavy atom. The Morgan fingerprint density at radius 2 is 1.97 bits per heavy atom. The van der Waals surface area contributed by atoms with Crippen molar-refractivity contribution >= 4 is 35.8 Å². The van der Waals surface area contributed by atoms with E-state index in [9.17, 15) is 14.5 Å². The Bertz CT molecular complexity index is 1110. The lowest BCUT2D eigenvalue weighted by molar-refractivity contribution is 0.0703. The Balaban J connectivity index is 2.09. The Hall–Kier alpha value is -2.67. The summed E-state index contributed by atoms with van der Waals surface area (Å²) in [5.74, 6) is -0.753. The summed E-state index contributed by atoms with van der Waals surface area (Å²) in [6, 6.07) is 10.6. The molecular weight excluding hydrogens is 411 g/mol. The lowest BCUT2D eigenvalue weighted by atomic mass is 10.2. The third kappa shape index (κ3) is 4.19. The number of carboxylic acid groups (broad SMARTS) is 1. The molecular formula is C20H21N2O5PS. The number of methoxy groups -OCH3 is 1. The molecule has 0 saturated heterocycles. The van der Waals surface area contributed by atoms with E-state index in [1.54, 1.807) is 30.5 Å². The second-order valence-corrected chi connectivity index (χ2v) is 9.58. The standard InChI is InChI=1S/C20H21N2O5PS/c1-12-7-8-16(13(2)10-12)28(25,27-4)22-15-11-17(29-18(15)20(23)24)14-6-5-9-21-19(14)26-3/h5-11H,1-4H3,(H,22,25)(H,23,24). The van der Waals surface area contributed by atoms with Crippen LogP contribution in [-0.2, 0) is 9.09 Å². The summed E-state index contributed by atoms with van der Waals surface area (Å²) in [6.07, 6.45) is 1.59. The van der Waals surface area contributed by atoms with Crippen molar-refractivity contribution in [3.8, 4) is 16.3 Å². The second kappa shape index (κ2) is 8.37. The molecule has 2 heterocycles. The topological polar surface area (TPSA) is 97.8 Å². The number of nitrogens with one attached hydrogen (secondary N) is 1. The highest BCUT2D eigenvalue weighted by Gasteiger charge is 2.30. The van der Waals surface area contributed by atoms with Crippen LogP contribution in [0.1, 0.15) is 20.8 Å². The minimum atomic E-state index is -3.55. The third-order valence-electron chi connectivity index (χ3n) is 4.35. The number of anilines is 1. The molecule has 0 saturated carbocycles. The summed E-state index contributed by atoms with van der Waals surface area (Å²) in [5, 5.41) is 13.0. The first kappa shape index (κ1) is 21.0. The SMILES string of the molecule is COc1ncccc1-c1cc(NP(=O)(OC)c2ccc(C)cc2C)c(C(=O)O)s1. The van der Waals surface area contributed by atoms with Crippen LogP contribution in [0.4, 0.5) is 5.69 Å². The van der Waals surface area contributed by atoms with Crippen LogP contribution in [0.2, 0.25) is 0 Å². The highest BCUT2D eigenvalue weighted by molar-refractivity contribution is 7.68. The molecule has 1 atom stereocenters. The number of aromatic nitrogens is 1. The van der Waals surface area contributed by atoms with Crippen molar-refractivity contribution in [1.29, 1.82) is 0 Å². The maximum Gasteiger partial charge on any atom is 0.348 e. The number of thiophene rings is 1. The largest absolute Gasteiger partial charge is 0.481 e. The van der Waals surface area contributed by atoms with Gasteiger partial charge in [0.15, 0.2) is 0 Å². The second-order valence-electron chi connectivity index (χ2n) is 6.35. The molecule has 9 heteroatoms. The molecule has 7 nitrogen and oxygen atoms in total. The molecule has 152 valence electrons. The Morgan fingerprint density at radius 1 is 1.21 bits per heavy atom. The number of benzene rings is 1. The number of hydrogen-bond donors (Lipinski definition) is 2. The van der Waals surface area contributed by atoms with Gasteiger partial charge in [0.2, 0.25) is 5.88 Å². The summed E-state index contributed by atoms with van der Waals surface area (Å²) < 4.78 is 24.2. The molecule has 0 radical (unpaired) electrons. The Kier molecular flexibility index (Phi) is 6.07. The highest BCUT2D eigenvalue weighted by atomic mass is 32.1. The van der Waals surface area contributed by atoms with Gasteiger partial charge in [-0.1, -0.05) is 17.7 Å². The van der Waals surface area contributed by atoms with Gasteiger partial charge < -0.3 is 19.5 Å². The van der Waals surface area contributed by atoms with E-state index in [2.05, 4.69) is 10.1 Å². The van der Waals surface area contributed by atoms with Crippen LogP contribution in [0.3, 0.4) is 0 Å². The highest BCUT2D eigenvalue weighted by Crippen LogP contribution is 2.49. The van der Waals surface area contributed by atoms with Crippen molar-refractivity contribution in [2.24, 2.45) is 0 Å². The van der Waals surface area contributed by atoms with E-state index < -0.39 is 13.5 Å². The van der Waals surface area contributed by atoms with Gasteiger partial charge in [-0.2, -0.15) is 0 Å². The number of pyridine rings is 1. The average molecular weight is 432 g/mol. The van der Waals surface area contributed by atoms with Crippen LogP contribution >= 0.6 is 18.9 Å². The van der Waals surface area contributed by atoms with Crippen molar-refractivity contribution in [1.82, 2.24) is 4.98 Å². The summed E-state index contributed by atoms with van der Waals surface area (Å²) >= 11 is 1.04. The van der Waals surface area contributed by atoms with Gasteiger partial charge in [0.05, 0.1) is 23.7 Å². The monoisotopic (exact) mass is 432 g/mol. The van der Waals surface area contributed by atoms with Gasteiger partial charge in [-0.25, -0.2) is 9.78 Å². The summed E-state index contributed by atoms with van der Waals surface area (Å²) in [6.45, 7) is 3.78. The molecule has 0 bridgehead atoms. The fraction of sp³-hybridized carbons (Fsp3) is 0.200. The van der Waals surface area contributed by atoms with Crippen molar-refractivity contribution in [2.45, 2.75) is 13.8 Å². The molecule has 0 aliphatic carbocycles. The molecule has 0 aliphatic heterocycles. The molecule has 1 unspecified atom stereocenters. The van der Waals surface area contributed by atoms with Crippen LogP contribution < -0.4 is 15.1 Å². The lowest BCUT2D eigenvalue weighted by Gasteiger charge is -2.20. The van der Waals surface area contributed by atoms with Crippen LogP contribution in [0.25, 0.3) is 10.4 Å². The van der Waals surface area contributed by atoms with E-state index in [1.807, 2.05) is 26.0 Å². The predicted octanol–water partition coefficient (Wildman–Crippen LogP) is 4.71. The molecule has 0 fully saturated rings. The van der Waals surface area contributed by atoms with Gasteiger partial charge in [0.25, 0.3) is 0 Å². The maximum absolute atomic E-state index is 13.6. The molecule has 1 aromatic carbocycles. The van der Waals surface area contributed by atoms with Gasteiger partial charge in [-0.3, -0.25) is 4.57 Å². The van der Waals surface area contributed by atoms with Gasteiger partial charge >= 0.3 is 13.5 Å². The number of nitrogens with zero attached hydrogens (tertiary/aromatic N) is 1. The minimum absolute atomic E-state index is 0.0212. The molecule has 29 heavy (non-hydrogen) atoms. The van der Waals surface area contributed by atoms with Crippen LogP contribution in [-0.4, -0.2) is 30.3 Å². The summed E-state index contributed by atoms with van der Waals surface area (Å²) in [4.78, 5) is 16.6. The Labute approximate surface area is 172 Å². The number of carboxylic acids is 1. The van der Waals surface area contributed by atoms with E-state index in [0.717, 1.165) is 22.5 Å². The summed E-state index contributed by atoms with van der Waals surface area (Å²) in [5.41, 5.74) is 2.69. The van der Waals surface area contributed by atoms with Crippen LogP contribution in [0.15, 0.2) is 42.6 Å². The maximum atomic E-state index is 13.6. The number of carbonyl (C=O) groups is 1. The summed E-state index contributed by atoms with van der Waals surface area (Å²) in [7, 11) is -0.715. The molecule has 0 aliphatic rings. The molecule has 2 N–H and O–H groups in total. The number of hydrogen-bond acceptors (Lipinski definition) is 6. The number of rotatable bonds is 7. The van der Waals surface area contributed by atoms with E-state index in [4.69, 9.17) is 9.26 Å². The minimum Gasteiger partial charge on any atom is -0.481 e. The zero-order valence-electron chi connectivity index (χ0n) is 16.4. The third-order valence-corrected chi connectivity index (χ3v) is 7.69. The normalized spacial score (nSPS) is 13.0. The lowest BCUT2D eigenvalue weighted by Crippen LogP contribution is -2.17. The van der Waals surface area contributed by atoms with E-state index in [-0.39, 0.29) is 10.6 Å².